The summed E-state index contributed by atoms with van der Waals surface area (Å²) in [6, 6.07) is 30.8. The van der Waals surface area contributed by atoms with Gasteiger partial charge in [-0.25, -0.2) is 4.98 Å². The van der Waals surface area contributed by atoms with Crippen molar-refractivity contribution in [2.24, 2.45) is 0 Å². The average molecular weight is 441 g/mol. The van der Waals surface area contributed by atoms with E-state index >= 15 is 0 Å². The minimum Gasteiger partial charge on any atom is -0.507 e. The van der Waals surface area contributed by atoms with Gasteiger partial charge in [-0.15, -0.1) is 0 Å². The smallest absolute Gasteiger partial charge is 0.124 e. The number of para-hydroxylation sites is 1. The first-order valence-corrected chi connectivity index (χ1v) is 11.6. The Morgan fingerprint density at radius 3 is 2.26 bits per heavy atom. The van der Waals surface area contributed by atoms with Crippen LogP contribution in [0, 0.1) is 6.92 Å². The van der Waals surface area contributed by atoms with Gasteiger partial charge in [0.05, 0.1) is 17.1 Å². The van der Waals surface area contributed by atoms with Crippen molar-refractivity contribution in [1.82, 2.24) is 9.97 Å². The number of aryl methyl sites for hydroxylation is 2. The molecule has 1 aliphatic rings. The number of phenolic OH excluding ortho intramolecular Hbond substituents is 1. The number of fused-ring (bicyclic) bond motifs is 3. The Bertz CT molecular complexity index is 1510. The quantitative estimate of drug-likeness (QED) is 0.321. The zero-order chi connectivity index (χ0) is 23.1. The second-order valence-electron chi connectivity index (χ2n) is 8.85. The standard InChI is InChI=1S/C31H24N2O/c1-20-9-11-21(12-10-20)26-18-23(28-7-4-5-17-32-28)19-27-24(26)15-13-22-14-16-29(33-31(22)27)25-6-2-3-8-30(25)34/h2-12,14,16-19,34H,13,15H2,1H3. The molecule has 3 heteroatoms. The molecule has 34 heavy (non-hydrogen) atoms. The molecule has 0 saturated heterocycles. The van der Waals surface area contributed by atoms with E-state index in [-0.39, 0.29) is 5.75 Å². The second kappa shape index (κ2) is 8.27. The molecule has 0 aliphatic heterocycles. The Morgan fingerprint density at radius 2 is 1.47 bits per heavy atom. The summed E-state index contributed by atoms with van der Waals surface area (Å²) in [5.41, 5.74) is 11.9. The molecular weight excluding hydrogens is 416 g/mol. The molecular formula is C31H24N2O. The van der Waals surface area contributed by atoms with Crippen molar-refractivity contribution in [2.75, 3.05) is 0 Å². The third-order valence-corrected chi connectivity index (χ3v) is 6.63. The van der Waals surface area contributed by atoms with Gasteiger partial charge in [0.15, 0.2) is 0 Å². The van der Waals surface area contributed by atoms with Gasteiger partial charge in [0, 0.05) is 22.9 Å². The molecule has 0 saturated carbocycles. The lowest BCUT2D eigenvalue weighted by Gasteiger charge is -2.24. The van der Waals surface area contributed by atoms with E-state index < -0.39 is 0 Å². The Balaban J connectivity index is 1.60. The molecule has 2 aromatic heterocycles. The number of rotatable bonds is 3. The maximum atomic E-state index is 10.4. The van der Waals surface area contributed by atoms with E-state index in [1.165, 1.54) is 27.8 Å². The number of pyridine rings is 2. The normalized spacial score (nSPS) is 12.1. The van der Waals surface area contributed by atoms with Crippen molar-refractivity contribution in [2.45, 2.75) is 19.8 Å². The maximum absolute atomic E-state index is 10.4. The van der Waals surface area contributed by atoms with Gasteiger partial charge in [0.1, 0.15) is 5.75 Å². The molecule has 0 unspecified atom stereocenters. The van der Waals surface area contributed by atoms with Crippen LogP contribution < -0.4 is 0 Å². The lowest BCUT2D eigenvalue weighted by molar-refractivity contribution is 0.477. The molecule has 6 rings (SSSR count). The van der Waals surface area contributed by atoms with Crippen LogP contribution in [0.1, 0.15) is 16.7 Å². The highest BCUT2D eigenvalue weighted by Gasteiger charge is 2.23. The van der Waals surface area contributed by atoms with Gasteiger partial charge < -0.3 is 5.11 Å². The molecule has 0 spiro atoms. The highest BCUT2D eigenvalue weighted by molar-refractivity contribution is 5.86. The van der Waals surface area contributed by atoms with E-state index in [1.54, 1.807) is 6.07 Å². The number of aromatic nitrogens is 2. The molecule has 164 valence electrons. The van der Waals surface area contributed by atoms with Gasteiger partial charge in [-0.1, -0.05) is 54.1 Å². The maximum Gasteiger partial charge on any atom is 0.124 e. The lowest BCUT2D eigenvalue weighted by Crippen LogP contribution is -2.08. The largest absolute Gasteiger partial charge is 0.507 e. The summed E-state index contributed by atoms with van der Waals surface area (Å²) < 4.78 is 0. The number of hydrogen-bond donors (Lipinski definition) is 1. The fourth-order valence-corrected chi connectivity index (χ4v) is 4.85. The summed E-state index contributed by atoms with van der Waals surface area (Å²) in [4.78, 5) is 9.72. The Labute approximate surface area is 199 Å². The monoisotopic (exact) mass is 440 g/mol. The predicted octanol–water partition coefficient (Wildman–Crippen LogP) is 7.26. The molecule has 2 heterocycles. The van der Waals surface area contributed by atoms with Gasteiger partial charge in [-0.3, -0.25) is 4.98 Å². The molecule has 3 aromatic carbocycles. The number of nitrogens with zero attached hydrogens (tertiary/aromatic N) is 2. The van der Waals surface area contributed by atoms with Crippen molar-refractivity contribution in [3.63, 3.8) is 0 Å². The average Bonchev–Trinajstić information content (AvgIpc) is 2.89. The summed E-state index contributed by atoms with van der Waals surface area (Å²) >= 11 is 0. The van der Waals surface area contributed by atoms with Crippen LogP contribution in [0.3, 0.4) is 0 Å². The van der Waals surface area contributed by atoms with Crippen molar-refractivity contribution >= 4 is 0 Å². The highest BCUT2D eigenvalue weighted by Crippen LogP contribution is 2.42. The summed E-state index contributed by atoms with van der Waals surface area (Å²) in [5, 5.41) is 10.4. The lowest BCUT2D eigenvalue weighted by atomic mass is 9.82. The van der Waals surface area contributed by atoms with E-state index in [4.69, 9.17) is 4.98 Å². The van der Waals surface area contributed by atoms with E-state index in [2.05, 4.69) is 60.4 Å². The Hall–Kier alpha value is -4.24. The first kappa shape index (κ1) is 20.4. The van der Waals surface area contributed by atoms with Gasteiger partial charge >= 0.3 is 0 Å². The summed E-state index contributed by atoms with van der Waals surface area (Å²) in [5.74, 6) is 0.244. The third-order valence-electron chi connectivity index (χ3n) is 6.63. The zero-order valence-corrected chi connectivity index (χ0v) is 19.0. The molecule has 1 N–H and O–H groups in total. The van der Waals surface area contributed by atoms with Crippen molar-refractivity contribution in [1.29, 1.82) is 0 Å². The van der Waals surface area contributed by atoms with Gasteiger partial charge in [0.2, 0.25) is 0 Å². The van der Waals surface area contributed by atoms with Crippen LogP contribution in [0.15, 0.2) is 97.2 Å². The van der Waals surface area contributed by atoms with Crippen molar-refractivity contribution < 1.29 is 5.11 Å². The highest BCUT2D eigenvalue weighted by atomic mass is 16.3. The molecule has 3 nitrogen and oxygen atoms in total. The predicted molar refractivity (Wildman–Crippen MR) is 138 cm³/mol. The van der Waals surface area contributed by atoms with E-state index in [9.17, 15) is 5.11 Å². The number of phenols is 1. The first-order chi connectivity index (χ1) is 16.7. The zero-order valence-electron chi connectivity index (χ0n) is 19.0. The Kier molecular flexibility index (Phi) is 4.96. The van der Waals surface area contributed by atoms with Crippen LogP contribution in [0.25, 0.3) is 44.9 Å². The minimum atomic E-state index is 0.244. The topological polar surface area (TPSA) is 46.0 Å². The molecule has 0 amide bonds. The SMILES string of the molecule is Cc1ccc(-c2cc(-c3ccccn3)cc3c2CCc2ccc(-c4ccccc4O)nc2-3)cc1. The van der Waals surface area contributed by atoms with Crippen molar-refractivity contribution in [3.8, 4) is 50.6 Å². The molecule has 0 bridgehead atoms. The molecule has 0 atom stereocenters. The molecule has 0 radical (unpaired) electrons. The van der Waals surface area contributed by atoms with Crippen LogP contribution in [-0.2, 0) is 12.8 Å². The summed E-state index contributed by atoms with van der Waals surface area (Å²) in [6.45, 7) is 2.12. The van der Waals surface area contributed by atoms with E-state index in [1.807, 2.05) is 42.6 Å². The molecule has 0 fully saturated rings. The van der Waals surface area contributed by atoms with Crippen LogP contribution in [0.5, 0.6) is 5.75 Å². The molecule has 1 aliphatic carbocycles. The molecule has 5 aromatic rings. The van der Waals surface area contributed by atoms with Gasteiger partial charge in [0.25, 0.3) is 0 Å². The fourth-order valence-electron chi connectivity index (χ4n) is 4.85. The second-order valence-corrected chi connectivity index (χ2v) is 8.85. The Morgan fingerprint density at radius 1 is 0.676 bits per heavy atom. The first-order valence-electron chi connectivity index (χ1n) is 11.6. The van der Waals surface area contributed by atoms with Crippen molar-refractivity contribution in [3.05, 3.63) is 114 Å². The van der Waals surface area contributed by atoms with Gasteiger partial charge in [-0.05, 0) is 84.5 Å². The van der Waals surface area contributed by atoms with E-state index in [0.29, 0.717) is 0 Å². The van der Waals surface area contributed by atoms with Crippen LogP contribution >= 0.6 is 0 Å². The van der Waals surface area contributed by atoms with Crippen LogP contribution in [0.2, 0.25) is 0 Å². The van der Waals surface area contributed by atoms with Crippen LogP contribution in [-0.4, -0.2) is 15.1 Å². The number of benzene rings is 3. The van der Waals surface area contributed by atoms with E-state index in [0.717, 1.165) is 46.6 Å². The summed E-state index contributed by atoms with van der Waals surface area (Å²) in [6.07, 6.45) is 3.74. The number of aromatic hydroxyl groups is 1. The summed E-state index contributed by atoms with van der Waals surface area (Å²) in [7, 11) is 0. The van der Waals surface area contributed by atoms with Crippen LogP contribution in [0.4, 0.5) is 0 Å². The van der Waals surface area contributed by atoms with Gasteiger partial charge in [-0.2, -0.15) is 0 Å². The number of hydrogen-bond acceptors (Lipinski definition) is 3. The minimum absolute atomic E-state index is 0.244. The third kappa shape index (κ3) is 3.56. The fraction of sp³-hybridized carbons (Fsp3) is 0.0968.